The number of hydrogen-bond donors (Lipinski definition) is 0. The second-order valence-corrected chi connectivity index (χ2v) is 6.40. The molecule has 0 radical (unpaired) electrons. The fourth-order valence-electron chi connectivity index (χ4n) is 3.40. The Kier molecular flexibility index (Phi) is 5.03. The van der Waals surface area contributed by atoms with Gasteiger partial charge in [0.15, 0.2) is 6.23 Å². The van der Waals surface area contributed by atoms with E-state index in [0.29, 0.717) is 13.2 Å². The van der Waals surface area contributed by atoms with Gasteiger partial charge in [-0.15, -0.1) is 0 Å². The Labute approximate surface area is 159 Å². The van der Waals surface area contributed by atoms with E-state index in [1.54, 1.807) is 7.11 Å². The Bertz CT molecular complexity index is 889. The molecule has 27 heavy (non-hydrogen) atoms. The van der Waals surface area contributed by atoms with Crippen molar-refractivity contribution in [3.05, 3.63) is 72.6 Å². The smallest absolute Gasteiger partial charge is 0.158 e. The molecule has 1 saturated heterocycles. The van der Waals surface area contributed by atoms with Gasteiger partial charge in [-0.3, -0.25) is 0 Å². The molecule has 1 unspecified atom stereocenters. The van der Waals surface area contributed by atoms with E-state index in [0.717, 1.165) is 35.0 Å². The third-order valence-corrected chi connectivity index (χ3v) is 4.72. The summed E-state index contributed by atoms with van der Waals surface area (Å²) >= 11 is 0. The highest BCUT2D eigenvalue weighted by atomic mass is 16.5. The maximum Gasteiger partial charge on any atom is 0.158 e. The van der Waals surface area contributed by atoms with Crippen LogP contribution in [0.2, 0.25) is 0 Å². The number of nitrogens with zero attached hydrogens (tertiary/aromatic N) is 2. The standard InChI is InChI=1S/C22H24N2O3/c1-3-26-20-9-7-18(8-10-20)23-12-11-17(16-23)22-24(13-14-27-22)19-5-4-6-21(15-19)25-2/h4-12,15-16,22H,3,13-14H2,1-2H3. The molecule has 140 valence electrons. The maximum absolute atomic E-state index is 6.03. The van der Waals surface area contributed by atoms with Crippen LogP contribution >= 0.6 is 0 Å². The zero-order valence-electron chi connectivity index (χ0n) is 15.7. The molecular weight excluding hydrogens is 340 g/mol. The number of aromatic nitrogens is 1. The van der Waals surface area contributed by atoms with Crippen molar-refractivity contribution in [3.63, 3.8) is 0 Å². The molecular formula is C22H24N2O3. The molecule has 0 saturated carbocycles. The molecule has 0 spiro atoms. The molecule has 1 fully saturated rings. The number of benzene rings is 2. The van der Waals surface area contributed by atoms with Crippen molar-refractivity contribution in [1.29, 1.82) is 0 Å². The van der Waals surface area contributed by atoms with Crippen LogP contribution < -0.4 is 14.4 Å². The van der Waals surface area contributed by atoms with Gasteiger partial charge in [0.2, 0.25) is 0 Å². The van der Waals surface area contributed by atoms with Gasteiger partial charge in [0.25, 0.3) is 0 Å². The van der Waals surface area contributed by atoms with Crippen molar-refractivity contribution in [2.24, 2.45) is 0 Å². The van der Waals surface area contributed by atoms with Crippen molar-refractivity contribution in [2.75, 3.05) is 31.8 Å². The molecule has 1 aromatic heterocycles. The molecule has 1 atom stereocenters. The monoisotopic (exact) mass is 364 g/mol. The molecule has 0 N–H and O–H groups in total. The molecule has 3 aromatic rings. The van der Waals surface area contributed by atoms with E-state index in [4.69, 9.17) is 14.2 Å². The van der Waals surface area contributed by atoms with Gasteiger partial charge in [-0.05, 0) is 49.4 Å². The molecule has 2 aromatic carbocycles. The maximum atomic E-state index is 6.03. The molecule has 1 aliphatic rings. The van der Waals surface area contributed by atoms with Crippen molar-refractivity contribution in [2.45, 2.75) is 13.2 Å². The summed E-state index contributed by atoms with van der Waals surface area (Å²) in [5.74, 6) is 1.74. The van der Waals surface area contributed by atoms with Crippen molar-refractivity contribution >= 4 is 5.69 Å². The first kappa shape index (κ1) is 17.5. The van der Waals surface area contributed by atoms with Gasteiger partial charge in [0.05, 0.1) is 20.3 Å². The van der Waals surface area contributed by atoms with Gasteiger partial charge in [-0.2, -0.15) is 0 Å². The molecule has 2 heterocycles. The predicted octanol–water partition coefficient (Wildman–Crippen LogP) is 4.42. The minimum atomic E-state index is -0.0962. The second-order valence-electron chi connectivity index (χ2n) is 6.40. The quantitative estimate of drug-likeness (QED) is 0.649. The summed E-state index contributed by atoms with van der Waals surface area (Å²) in [5, 5.41) is 0. The summed E-state index contributed by atoms with van der Waals surface area (Å²) in [7, 11) is 1.69. The fourth-order valence-corrected chi connectivity index (χ4v) is 3.40. The van der Waals surface area contributed by atoms with Crippen LogP contribution in [-0.4, -0.2) is 31.4 Å². The highest BCUT2D eigenvalue weighted by Crippen LogP contribution is 2.34. The van der Waals surface area contributed by atoms with Gasteiger partial charge in [0.1, 0.15) is 11.5 Å². The van der Waals surface area contributed by atoms with E-state index in [1.807, 2.05) is 37.3 Å². The van der Waals surface area contributed by atoms with Gasteiger partial charge in [-0.25, -0.2) is 0 Å². The third kappa shape index (κ3) is 3.64. The van der Waals surface area contributed by atoms with Crippen LogP contribution in [-0.2, 0) is 4.74 Å². The number of hydrogen-bond acceptors (Lipinski definition) is 4. The van der Waals surface area contributed by atoms with Crippen LogP contribution in [0.5, 0.6) is 11.5 Å². The lowest BCUT2D eigenvalue weighted by Crippen LogP contribution is -2.22. The third-order valence-electron chi connectivity index (χ3n) is 4.72. The topological polar surface area (TPSA) is 35.9 Å². The summed E-state index contributed by atoms with van der Waals surface area (Å²) in [5.41, 5.74) is 3.32. The molecule has 0 aliphatic carbocycles. The lowest BCUT2D eigenvalue weighted by Gasteiger charge is -2.25. The average molecular weight is 364 g/mol. The van der Waals surface area contributed by atoms with Crippen molar-refractivity contribution in [1.82, 2.24) is 4.57 Å². The van der Waals surface area contributed by atoms with Gasteiger partial charge in [-0.1, -0.05) is 6.07 Å². The minimum absolute atomic E-state index is 0.0962. The zero-order valence-corrected chi connectivity index (χ0v) is 15.7. The van der Waals surface area contributed by atoms with E-state index in [2.05, 4.69) is 46.1 Å². The Morgan fingerprint density at radius 3 is 2.67 bits per heavy atom. The van der Waals surface area contributed by atoms with Gasteiger partial charge in [0, 0.05) is 41.9 Å². The summed E-state index contributed by atoms with van der Waals surface area (Å²) in [6, 6.07) is 18.3. The summed E-state index contributed by atoms with van der Waals surface area (Å²) in [4.78, 5) is 2.26. The molecule has 1 aliphatic heterocycles. The van der Waals surface area contributed by atoms with Crippen LogP contribution in [0.1, 0.15) is 18.7 Å². The molecule has 0 amide bonds. The SMILES string of the molecule is CCOc1ccc(-n2ccc(C3OCCN3c3cccc(OC)c3)c2)cc1. The first-order valence-corrected chi connectivity index (χ1v) is 9.22. The first-order valence-electron chi connectivity index (χ1n) is 9.22. The van der Waals surface area contributed by atoms with Gasteiger partial charge >= 0.3 is 0 Å². The molecule has 0 bridgehead atoms. The first-order chi connectivity index (χ1) is 13.3. The van der Waals surface area contributed by atoms with Crippen LogP contribution in [0.4, 0.5) is 5.69 Å². The number of rotatable bonds is 6. The minimum Gasteiger partial charge on any atom is -0.497 e. The highest BCUT2D eigenvalue weighted by molar-refractivity contribution is 5.53. The van der Waals surface area contributed by atoms with E-state index >= 15 is 0 Å². The van der Waals surface area contributed by atoms with E-state index in [9.17, 15) is 0 Å². The van der Waals surface area contributed by atoms with Crippen LogP contribution in [0.25, 0.3) is 5.69 Å². The van der Waals surface area contributed by atoms with Crippen molar-refractivity contribution in [3.8, 4) is 17.2 Å². The summed E-state index contributed by atoms with van der Waals surface area (Å²) in [6.45, 7) is 4.22. The lowest BCUT2D eigenvalue weighted by atomic mass is 10.2. The predicted molar refractivity (Wildman–Crippen MR) is 106 cm³/mol. The summed E-state index contributed by atoms with van der Waals surface area (Å²) < 4.78 is 19.0. The molecule has 5 heteroatoms. The fraction of sp³-hybridized carbons (Fsp3) is 0.273. The van der Waals surface area contributed by atoms with Crippen LogP contribution in [0.15, 0.2) is 67.0 Å². The Hall–Kier alpha value is -2.92. The van der Waals surface area contributed by atoms with E-state index in [-0.39, 0.29) is 6.23 Å². The normalized spacial score (nSPS) is 16.5. The summed E-state index contributed by atoms with van der Waals surface area (Å²) in [6.07, 6.45) is 4.09. The number of anilines is 1. The zero-order chi connectivity index (χ0) is 18.6. The van der Waals surface area contributed by atoms with Crippen molar-refractivity contribution < 1.29 is 14.2 Å². The molecule has 5 nitrogen and oxygen atoms in total. The number of methoxy groups -OCH3 is 1. The number of ether oxygens (including phenoxy) is 3. The van der Waals surface area contributed by atoms with Crippen LogP contribution in [0.3, 0.4) is 0 Å². The van der Waals surface area contributed by atoms with Crippen LogP contribution in [0, 0.1) is 0 Å². The Balaban J connectivity index is 1.56. The lowest BCUT2D eigenvalue weighted by molar-refractivity contribution is 0.114. The highest BCUT2D eigenvalue weighted by Gasteiger charge is 2.28. The van der Waals surface area contributed by atoms with E-state index in [1.165, 1.54) is 0 Å². The molecule has 4 rings (SSSR count). The van der Waals surface area contributed by atoms with E-state index < -0.39 is 0 Å². The Morgan fingerprint density at radius 2 is 1.89 bits per heavy atom. The van der Waals surface area contributed by atoms with Gasteiger partial charge < -0.3 is 23.7 Å². The largest absolute Gasteiger partial charge is 0.497 e. The second kappa shape index (κ2) is 7.76. The average Bonchev–Trinajstić information content (AvgIpc) is 3.38. The Morgan fingerprint density at radius 1 is 1.04 bits per heavy atom.